The van der Waals surface area contributed by atoms with Crippen LogP contribution < -0.4 is 0 Å². The van der Waals surface area contributed by atoms with Gasteiger partial charge in [0.05, 0.1) is 0 Å². The number of hydrogen-bond acceptors (Lipinski definition) is 11. The van der Waals surface area contributed by atoms with E-state index in [1.807, 2.05) is 0 Å². The molecular formula is C7H26N2O25P8. The van der Waals surface area contributed by atoms with Crippen LogP contribution in [0.5, 0.6) is 0 Å². The second-order valence-electron chi connectivity index (χ2n) is 8.39. The van der Waals surface area contributed by atoms with E-state index in [-0.39, 0.29) is 6.92 Å². The van der Waals surface area contributed by atoms with Gasteiger partial charge in [0.25, 0.3) is 0 Å². The Labute approximate surface area is 232 Å². The summed E-state index contributed by atoms with van der Waals surface area (Å²) in [4.78, 5) is 150. The molecule has 0 spiro atoms. The van der Waals surface area contributed by atoms with E-state index in [2.05, 4.69) is 0 Å². The Morgan fingerprint density at radius 2 is 0.595 bits per heavy atom. The zero-order chi connectivity index (χ0) is 34.7. The molecule has 1 atom stereocenters. The molecule has 0 saturated heterocycles. The Morgan fingerprint density at radius 3 is 0.738 bits per heavy atom. The average Bonchev–Trinajstić information content (AvgIpc) is 2.49. The summed E-state index contributed by atoms with van der Waals surface area (Å²) in [6.45, 7) is -3.01. The van der Waals surface area contributed by atoms with Crippen molar-refractivity contribution in [3.05, 3.63) is 0 Å². The van der Waals surface area contributed by atoms with Gasteiger partial charge >= 0.3 is 60.8 Å². The molecular weight excluding hydrogens is 760 g/mol. The predicted molar refractivity (Wildman–Crippen MR) is 131 cm³/mol. The van der Waals surface area contributed by atoms with Crippen LogP contribution in [0.3, 0.4) is 0 Å². The molecule has 42 heavy (non-hydrogen) atoms. The van der Waals surface area contributed by atoms with Crippen LogP contribution in [0.1, 0.15) is 6.92 Å². The summed E-state index contributed by atoms with van der Waals surface area (Å²) in [5.74, 6) is 0. The van der Waals surface area contributed by atoms with Crippen LogP contribution in [-0.4, -0.2) is 128 Å². The molecule has 0 aliphatic heterocycles. The summed E-state index contributed by atoms with van der Waals surface area (Å²) in [6, 6.07) is 0. The van der Waals surface area contributed by atoms with E-state index < -0.39 is 105 Å². The van der Waals surface area contributed by atoms with Crippen molar-refractivity contribution in [2.45, 2.75) is 34.7 Å². The first-order valence-corrected chi connectivity index (χ1v) is 22.8. The summed E-state index contributed by atoms with van der Waals surface area (Å²) in [5.41, 5.74) is -21.4. The third kappa shape index (κ3) is 11.4. The normalized spacial score (nSPS) is 17.2. The second-order valence-corrected chi connectivity index (χ2v) is 23.4. The lowest BCUT2D eigenvalue weighted by Crippen LogP contribution is -2.62. The Morgan fingerprint density at radius 1 is 0.429 bits per heavy atom. The minimum atomic E-state index is -6.78. The molecule has 0 bridgehead atoms. The third-order valence-corrected chi connectivity index (χ3v) is 18.8. The monoisotopic (exact) mass is 786 g/mol. The smallest absolute Gasteiger partial charge is 0.355 e. The number of rotatable bonds is 15. The van der Waals surface area contributed by atoms with Crippen LogP contribution in [0.15, 0.2) is 0 Å². The van der Waals surface area contributed by atoms with Gasteiger partial charge < -0.3 is 83.4 Å². The van der Waals surface area contributed by atoms with E-state index in [1.165, 1.54) is 0 Å². The van der Waals surface area contributed by atoms with Gasteiger partial charge in [0, 0.05) is 6.54 Å². The molecule has 0 rings (SSSR count). The average molecular weight is 786 g/mol. The minimum Gasteiger partial charge on any atom is -0.374 e. The standard InChI is InChI=1S/C7H26N2O25P8/c1-7(10,9(5(39(23,24)25)40(26,27)28)6(41(29,30)31)42(32,33)34)2-8(3(35(11,12)13)36(14,15)16)4(37(17,18)19)38(20,21)22/h3-6,10H,2H2,1H3,(H2,11,12,13)(H2,14,15,16)(H2,17,18,19)(H2,20,21,22)(H2,23,24,25)(H2,26,27,28)(H2,29,30,31)(H2,32,33,34). The van der Waals surface area contributed by atoms with E-state index in [0.717, 1.165) is 0 Å². The fourth-order valence-corrected chi connectivity index (χ4v) is 15.9. The zero-order valence-electron chi connectivity index (χ0n) is 19.9. The molecule has 254 valence electrons. The lowest BCUT2D eigenvalue weighted by atomic mass is 10.2. The summed E-state index contributed by atoms with van der Waals surface area (Å²) < 4.78 is 96.2. The molecule has 0 aromatic carbocycles. The van der Waals surface area contributed by atoms with Gasteiger partial charge in [-0.3, -0.25) is 41.4 Å². The van der Waals surface area contributed by atoms with Gasteiger partial charge in [-0.1, -0.05) is 0 Å². The van der Waals surface area contributed by atoms with Crippen LogP contribution in [0.25, 0.3) is 0 Å². The van der Waals surface area contributed by atoms with Crippen molar-refractivity contribution < 1.29 is 120 Å². The number of nitrogens with zero attached hydrogens (tertiary/aromatic N) is 2. The van der Waals surface area contributed by atoms with Gasteiger partial charge in [0.1, 0.15) is 5.72 Å². The van der Waals surface area contributed by atoms with Crippen molar-refractivity contribution in [2.24, 2.45) is 0 Å². The van der Waals surface area contributed by atoms with Gasteiger partial charge in [-0.05, 0) is 6.92 Å². The maximum Gasteiger partial charge on any atom is 0.355 e. The molecule has 0 fully saturated rings. The van der Waals surface area contributed by atoms with Gasteiger partial charge in [0.15, 0.2) is 0 Å². The Bertz CT molecular complexity index is 1190. The molecule has 0 aromatic rings. The Kier molecular flexibility index (Phi) is 13.3. The molecule has 0 aliphatic carbocycles. The topological polar surface area (TPSA) is 487 Å². The van der Waals surface area contributed by atoms with Gasteiger partial charge in [-0.2, -0.15) is 0 Å². The lowest BCUT2D eigenvalue weighted by Gasteiger charge is -2.49. The zero-order valence-corrected chi connectivity index (χ0v) is 27.0. The maximum absolute atomic E-state index is 12.0. The largest absolute Gasteiger partial charge is 0.374 e. The van der Waals surface area contributed by atoms with Crippen LogP contribution in [0.4, 0.5) is 0 Å². The van der Waals surface area contributed by atoms with E-state index in [4.69, 9.17) is 0 Å². The van der Waals surface area contributed by atoms with Crippen molar-refractivity contribution in [3.8, 4) is 0 Å². The van der Waals surface area contributed by atoms with Crippen LogP contribution in [0, 0.1) is 0 Å². The molecule has 0 saturated carbocycles. The van der Waals surface area contributed by atoms with E-state index in [1.54, 1.807) is 0 Å². The first kappa shape index (κ1) is 43.1. The van der Waals surface area contributed by atoms with Crippen molar-refractivity contribution >= 4 is 60.8 Å². The number of aliphatic hydroxyl groups is 1. The Balaban J connectivity index is 8.34. The first-order chi connectivity index (χ1) is 17.7. The Hall–Kier alpha value is 1.08. The van der Waals surface area contributed by atoms with Crippen LogP contribution >= 0.6 is 60.8 Å². The van der Waals surface area contributed by atoms with E-state index in [0.29, 0.717) is 0 Å². The van der Waals surface area contributed by atoms with Crippen molar-refractivity contribution in [1.82, 2.24) is 9.80 Å². The lowest BCUT2D eigenvalue weighted by molar-refractivity contribution is -0.116. The molecule has 1 unspecified atom stereocenters. The van der Waals surface area contributed by atoms with Gasteiger partial charge in [-0.15, -0.1) is 0 Å². The number of hydrogen-bond donors (Lipinski definition) is 17. The molecule has 27 nitrogen and oxygen atoms in total. The summed E-state index contributed by atoms with van der Waals surface area (Å²) in [6.07, 6.45) is 0. The van der Waals surface area contributed by atoms with Crippen LogP contribution in [-0.2, 0) is 36.5 Å². The molecule has 0 aromatic heterocycles. The molecule has 0 radical (unpaired) electrons. The molecule has 35 heteroatoms. The highest BCUT2D eigenvalue weighted by molar-refractivity contribution is 7.73. The van der Waals surface area contributed by atoms with Crippen molar-refractivity contribution in [3.63, 3.8) is 0 Å². The van der Waals surface area contributed by atoms with Crippen molar-refractivity contribution in [1.29, 1.82) is 0 Å². The third-order valence-electron chi connectivity index (χ3n) is 4.54. The van der Waals surface area contributed by atoms with E-state index in [9.17, 15) is 120 Å². The first-order valence-electron chi connectivity index (χ1n) is 9.38. The highest BCUT2D eigenvalue weighted by Crippen LogP contribution is 2.72. The van der Waals surface area contributed by atoms with Gasteiger partial charge in [-0.25, -0.2) is 4.90 Å². The van der Waals surface area contributed by atoms with E-state index >= 15 is 0 Å². The molecule has 0 heterocycles. The van der Waals surface area contributed by atoms with Crippen molar-refractivity contribution in [2.75, 3.05) is 6.54 Å². The molecule has 0 aliphatic rings. The predicted octanol–water partition coefficient (Wildman–Crippen LogP) is -4.15. The summed E-state index contributed by atoms with van der Waals surface area (Å²) >= 11 is 0. The van der Waals surface area contributed by atoms with Crippen LogP contribution in [0.2, 0.25) is 0 Å². The quantitative estimate of drug-likeness (QED) is 0.0553. The minimum absolute atomic E-state index is 0.247. The summed E-state index contributed by atoms with van der Waals surface area (Å²) in [5, 5.41) is 11.0. The highest BCUT2D eigenvalue weighted by Gasteiger charge is 2.66. The molecule has 17 N–H and O–H groups in total. The fourth-order valence-electron chi connectivity index (χ4n) is 3.53. The highest BCUT2D eigenvalue weighted by atomic mass is 31.3. The second kappa shape index (κ2) is 12.9. The maximum atomic E-state index is 12.0. The summed E-state index contributed by atoms with van der Waals surface area (Å²) in [7, 11) is -54.0. The fraction of sp³-hybridized carbons (Fsp3) is 1.00. The molecule has 0 amide bonds. The SMILES string of the molecule is CC(O)(CN(C(P(=O)(O)O)P(=O)(O)O)C(P(=O)(O)O)P(=O)(O)O)N(C(P(=O)(O)O)P(=O)(O)O)C(P(=O)(O)O)P(=O)(O)O. The van der Waals surface area contributed by atoms with Gasteiger partial charge in [0.2, 0.25) is 22.1 Å².